The lowest BCUT2D eigenvalue weighted by Crippen LogP contribution is -2.31. The third-order valence-corrected chi connectivity index (χ3v) is 4.06. The van der Waals surface area contributed by atoms with E-state index in [9.17, 15) is 9.18 Å². The van der Waals surface area contributed by atoms with E-state index < -0.39 is 0 Å². The Hall–Kier alpha value is -1.42. The molecule has 1 atom stereocenters. The molecule has 1 fully saturated rings. The number of nitrogens with one attached hydrogen (secondary N) is 1. The van der Waals surface area contributed by atoms with Crippen molar-refractivity contribution in [2.75, 3.05) is 19.6 Å². The van der Waals surface area contributed by atoms with Crippen LogP contribution in [0.5, 0.6) is 0 Å². The van der Waals surface area contributed by atoms with Gasteiger partial charge in [-0.25, -0.2) is 4.39 Å². The van der Waals surface area contributed by atoms with Crippen molar-refractivity contribution in [3.05, 3.63) is 35.6 Å². The number of hydrogen-bond donors (Lipinski definition) is 1. The lowest BCUT2D eigenvalue weighted by atomic mass is 10.0. The number of halogens is 1. The van der Waals surface area contributed by atoms with Crippen LogP contribution in [0.2, 0.25) is 0 Å². The standard InChI is InChI=1S/C17H25FN2O/c1-2-11-20(13-15-3-6-16(18)7-4-15)17(21)8-5-14-9-10-19-12-14/h3-4,6-7,14,19H,2,5,8-13H2,1H3. The van der Waals surface area contributed by atoms with Crippen molar-refractivity contribution in [3.63, 3.8) is 0 Å². The average Bonchev–Trinajstić information content (AvgIpc) is 3.00. The zero-order valence-corrected chi connectivity index (χ0v) is 12.8. The summed E-state index contributed by atoms with van der Waals surface area (Å²) >= 11 is 0. The number of benzene rings is 1. The summed E-state index contributed by atoms with van der Waals surface area (Å²) in [5, 5.41) is 3.34. The molecular weight excluding hydrogens is 267 g/mol. The van der Waals surface area contributed by atoms with Crippen molar-refractivity contribution >= 4 is 5.91 Å². The van der Waals surface area contributed by atoms with Crippen LogP contribution in [0.1, 0.15) is 38.2 Å². The van der Waals surface area contributed by atoms with Crippen molar-refractivity contribution in [1.29, 1.82) is 0 Å². The van der Waals surface area contributed by atoms with Gasteiger partial charge in [0.2, 0.25) is 5.91 Å². The normalized spacial score (nSPS) is 17.9. The smallest absolute Gasteiger partial charge is 0.222 e. The molecule has 0 bridgehead atoms. The minimum Gasteiger partial charge on any atom is -0.338 e. The van der Waals surface area contributed by atoms with E-state index in [1.807, 2.05) is 4.90 Å². The summed E-state index contributed by atoms with van der Waals surface area (Å²) in [6.07, 6.45) is 3.71. The van der Waals surface area contributed by atoms with Crippen molar-refractivity contribution < 1.29 is 9.18 Å². The first-order chi connectivity index (χ1) is 10.2. The van der Waals surface area contributed by atoms with Crippen LogP contribution >= 0.6 is 0 Å². The zero-order valence-electron chi connectivity index (χ0n) is 12.8. The van der Waals surface area contributed by atoms with Gasteiger partial charge >= 0.3 is 0 Å². The Morgan fingerprint density at radius 3 is 2.76 bits per heavy atom. The molecule has 1 aromatic rings. The lowest BCUT2D eigenvalue weighted by Gasteiger charge is -2.23. The highest BCUT2D eigenvalue weighted by Gasteiger charge is 2.18. The molecule has 1 unspecified atom stereocenters. The molecule has 0 aliphatic carbocycles. The molecule has 21 heavy (non-hydrogen) atoms. The van der Waals surface area contributed by atoms with Gasteiger partial charge < -0.3 is 10.2 Å². The van der Waals surface area contributed by atoms with Gasteiger partial charge in [-0.2, -0.15) is 0 Å². The van der Waals surface area contributed by atoms with Crippen LogP contribution < -0.4 is 5.32 Å². The van der Waals surface area contributed by atoms with Gasteiger partial charge in [0.25, 0.3) is 0 Å². The molecule has 116 valence electrons. The van der Waals surface area contributed by atoms with Gasteiger partial charge in [-0.05, 0) is 56.0 Å². The molecule has 1 heterocycles. The van der Waals surface area contributed by atoms with Crippen molar-refractivity contribution in [1.82, 2.24) is 10.2 Å². The fourth-order valence-corrected chi connectivity index (χ4v) is 2.82. The third-order valence-electron chi connectivity index (χ3n) is 4.06. The molecule has 1 aromatic carbocycles. The molecule has 3 nitrogen and oxygen atoms in total. The van der Waals surface area contributed by atoms with Crippen LogP contribution in [0.25, 0.3) is 0 Å². The summed E-state index contributed by atoms with van der Waals surface area (Å²) in [4.78, 5) is 14.3. The summed E-state index contributed by atoms with van der Waals surface area (Å²) in [6.45, 7) is 5.53. The van der Waals surface area contributed by atoms with E-state index in [0.717, 1.165) is 38.0 Å². The molecule has 4 heteroatoms. The Kier molecular flexibility index (Phi) is 6.18. The van der Waals surface area contributed by atoms with Crippen molar-refractivity contribution in [2.45, 2.75) is 39.2 Å². The van der Waals surface area contributed by atoms with Gasteiger partial charge in [0.05, 0.1) is 0 Å². The predicted octanol–water partition coefficient (Wildman–Crippen LogP) is 2.95. The van der Waals surface area contributed by atoms with E-state index in [1.165, 1.54) is 18.6 Å². The Balaban J connectivity index is 1.87. The van der Waals surface area contributed by atoms with E-state index in [-0.39, 0.29) is 11.7 Å². The number of nitrogens with zero attached hydrogens (tertiary/aromatic N) is 1. The first-order valence-corrected chi connectivity index (χ1v) is 7.92. The van der Waals surface area contributed by atoms with Crippen LogP contribution in [0.4, 0.5) is 4.39 Å². The fraction of sp³-hybridized carbons (Fsp3) is 0.588. The topological polar surface area (TPSA) is 32.3 Å². The first-order valence-electron chi connectivity index (χ1n) is 7.92. The van der Waals surface area contributed by atoms with Crippen LogP contribution in [-0.2, 0) is 11.3 Å². The Labute approximate surface area is 126 Å². The summed E-state index contributed by atoms with van der Waals surface area (Å²) in [5.74, 6) is 0.622. The predicted molar refractivity (Wildman–Crippen MR) is 82.3 cm³/mol. The third kappa shape index (κ3) is 5.12. The maximum absolute atomic E-state index is 12.9. The molecule has 0 saturated carbocycles. The minimum absolute atomic E-state index is 0.216. The van der Waals surface area contributed by atoms with Crippen LogP contribution in [0.3, 0.4) is 0 Å². The van der Waals surface area contributed by atoms with Crippen LogP contribution in [-0.4, -0.2) is 30.4 Å². The Bertz CT molecular complexity index is 441. The molecule has 1 N–H and O–H groups in total. The quantitative estimate of drug-likeness (QED) is 0.838. The molecule has 1 aliphatic rings. The van der Waals surface area contributed by atoms with E-state index >= 15 is 0 Å². The molecule has 0 radical (unpaired) electrons. The summed E-state index contributed by atoms with van der Waals surface area (Å²) in [6, 6.07) is 6.42. The second-order valence-corrected chi connectivity index (χ2v) is 5.84. The number of amides is 1. The second-order valence-electron chi connectivity index (χ2n) is 5.84. The lowest BCUT2D eigenvalue weighted by molar-refractivity contribution is -0.132. The SMILES string of the molecule is CCCN(Cc1ccc(F)cc1)C(=O)CCC1CCNC1. The van der Waals surface area contributed by atoms with Gasteiger partial charge in [-0.15, -0.1) is 0 Å². The van der Waals surface area contributed by atoms with Crippen LogP contribution in [0, 0.1) is 11.7 Å². The maximum Gasteiger partial charge on any atom is 0.222 e. The van der Waals surface area contributed by atoms with Gasteiger partial charge in [0.1, 0.15) is 5.82 Å². The van der Waals surface area contributed by atoms with E-state index in [4.69, 9.17) is 0 Å². The fourth-order valence-electron chi connectivity index (χ4n) is 2.82. The number of carbonyl (C=O) groups excluding carboxylic acids is 1. The molecular formula is C17H25FN2O. The number of hydrogen-bond acceptors (Lipinski definition) is 2. The number of carbonyl (C=O) groups is 1. The van der Waals surface area contributed by atoms with Gasteiger partial charge in [0.15, 0.2) is 0 Å². The highest BCUT2D eigenvalue weighted by molar-refractivity contribution is 5.76. The molecule has 1 amide bonds. The van der Waals surface area contributed by atoms with E-state index in [1.54, 1.807) is 12.1 Å². The van der Waals surface area contributed by atoms with Crippen molar-refractivity contribution in [2.24, 2.45) is 5.92 Å². The Morgan fingerprint density at radius 1 is 1.38 bits per heavy atom. The van der Waals surface area contributed by atoms with Crippen molar-refractivity contribution in [3.8, 4) is 0 Å². The highest BCUT2D eigenvalue weighted by atomic mass is 19.1. The highest BCUT2D eigenvalue weighted by Crippen LogP contribution is 2.16. The van der Waals surface area contributed by atoms with E-state index in [2.05, 4.69) is 12.2 Å². The number of rotatable bonds is 7. The minimum atomic E-state index is -0.235. The summed E-state index contributed by atoms with van der Waals surface area (Å²) in [5.41, 5.74) is 0.987. The van der Waals surface area contributed by atoms with Gasteiger partial charge in [0, 0.05) is 19.5 Å². The molecule has 0 spiro atoms. The molecule has 1 saturated heterocycles. The van der Waals surface area contributed by atoms with Gasteiger partial charge in [-0.1, -0.05) is 19.1 Å². The van der Waals surface area contributed by atoms with E-state index in [0.29, 0.717) is 18.9 Å². The maximum atomic E-state index is 12.9. The molecule has 1 aliphatic heterocycles. The summed E-state index contributed by atoms with van der Waals surface area (Å²) in [7, 11) is 0. The largest absolute Gasteiger partial charge is 0.338 e. The molecule has 2 rings (SSSR count). The first kappa shape index (κ1) is 16.0. The average molecular weight is 292 g/mol. The molecule has 0 aromatic heterocycles. The van der Waals surface area contributed by atoms with Crippen LogP contribution in [0.15, 0.2) is 24.3 Å². The second kappa shape index (κ2) is 8.13. The van der Waals surface area contributed by atoms with Gasteiger partial charge in [-0.3, -0.25) is 4.79 Å². The Morgan fingerprint density at radius 2 is 2.14 bits per heavy atom. The zero-order chi connectivity index (χ0) is 15.1. The monoisotopic (exact) mass is 292 g/mol. The summed E-state index contributed by atoms with van der Waals surface area (Å²) < 4.78 is 12.9.